The normalized spacial score (nSPS) is 11.9. The summed E-state index contributed by atoms with van der Waals surface area (Å²) >= 11 is 6.71. The second-order valence-electron chi connectivity index (χ2n) is 5.49. The Balaban J connectivity index is 2.10. The summed E-state index contributed by atoms with van der Waals surface area (Å²) in [7, 11) is 0. The van der Waals surface area contributed by atoms with Crippen molar-refractivity contribution in [3.8, 4) is 5.75 Å². The minimum Gasteiger partial charge on any atom is -0.494 e. The van der Waals surface area contributed by atoms with Gasteiger partial charge in [-0.2, -0.15) is 16.8 Å². The highest BCUT2D eigenvalue weighted by Gasteiger charge is 2.12. The Labute approximate surface area is 169 Å². The van der Waals surface area contributed by atoms with Crippen LogP contribution in [0.5, 0.6) is 5.75 Å². The second kappa shape index (κ2) is 8.88. The highest BCUT2D eigenvalue weighted by molar-refractivity contribution is 9.10. The number of thiazole rings is 1. The van der Waals surface area contributed by atoms with Gasteiger partial charge in [0, 0.05) is 16.8 Å². The summed E-state index contributed by atoms with van der Waals surface area (Å²) in [6.07, 6.45) is 2.07. The van der Waals surface area contributed by atoms with E-state index in [0.717, 1.165) is 32.7 Å². The number of carbonyl (C=O) groups excluding carboxylic acids is 1. The third-order valence-corrected chi connectivity index (χ3v) is 6.11. The number of carbonyl (C=O) groups is 1. The molecule has 0 atom stereocenters. The van der Waals surface area contributed by atoms with E-state index in [4.69, 9.17) is 4.74 Å². The molecule has 7 heteroatoms. The van der Waals surface area contributed by atoms with Gasteiger partial charge < -0.3 is 9.30 Å². The number of aromatic nitrogens is 1. The third-order valence-electron chi connectivity index (χ3n) is 3.79. The van der Waals surface area contributed by atoms with Gasteiger partial charge in [-0.1, -0.05) is 23.5 Å². The van der Waals surface area contributed by atoms with Crippen LogP contribution in [0.25, 0.3) is 10.2 Å². The van der Waals surface area contributed by atoms with E-state index >= 15 is 0 Å². The molecule has 3 aromatic rings. The van der Waals surface area contributed by atoms with E-state index in [1.807, 2.05) is 43.3 Å². The summed E-state index contributed by atoms with van der Waals surface area (Å²) in [4.78, 5) is 17.8. The average Bonchev–Trinajstić information content (AvgIpc) is 2.96. The van der Waals surface area contributed by atoms with Gasteiger partial charge >= 0.3 is 0 Å². The molecule has 1 heterocycles. The molecular formula is C19H19BrN2O2S2. The molecule has 0 bridgehead atoms. The van der Waals surface area contributed by atoms with Crippen LogP contribution in [-0.2, 0) is 6.54 Å². The summed E-state index contributed by atoms with van der Waals surface area (Å²) in [5.74, 6) is 1.55. The van der Waals surface area contributed by atoms with E-state index in [1.54, 1.807) is 17.8 Å². The Morgan fingerprint density at radius 2 is 2.12 bits per heavy atom. The smallest absolute Gasteiger partial charge is 0.280 e. The lowest BCUT2D eigenvalue weighted by molar-refractivity contribution is 0.0997. The van der Waals surface area contributed by atoms with Crippen LogP contribution in [0.15, 0.2) is 51.9 Å². The van der Waals surface area contributed by atoms with Crippen molar-refractivity contribution < 1.29 is 9.53 Å². The molecule has 3 rings (SSSR count). The summed E-state index contributed by atoms with van der Waals surface area (Å²) in [6, 6.07) is 13.4. The predicted molar refractivity (Wildman–Crippen MR) is 113 cm³/mol. The summed E-state index contributed by atoms with van der Waals surface area (Å²) in [6.45, 7) is 3.40. The standard InChI is InChI=1S/C19H19BrN2O2S2/c1-3-24-13-8-9-16-17(12-13)26-19(22(16)10-11-25-2)21-18(23)14-6-4-5-7-15(14)20/h4-9,12H,3,10-11H2,1-2H3. The van der Waals surface area contributed by atoms with Gasteiger partial charge in [0.25, 0.3) is 5.91 Å². The van der Waals surface area contributed by atoms with Crippen molar-refractivity contribution in [2.45, 2.75) is 13.5 Å². The van der Waals surface area contributed by atoms with Crippen molar-refractivity contribution >= 4 is 55.2 Å². The number of halogens is 1. The topological polar surface area (TPSA) is 43.6 Å². The highest BCUT2D eigenvalue weighted by atomic mass is 79.9. The van der Waals surface area contributed by atoms with Crippen molar-refractivity contribution in [3.05, 3.63) is 57.3 Å². The van der Waals surface area contributed by atoms with Crippen LogP contribution in [0.4, 0.5) is 0 Å². The molecule has 0 unspecified atom stereocenters. The molecule has 136 valence electrons. The number of rotatable bonds is 6. The maximum Gasteiger partial charge on any atom is 0.280 e. The van der Waals surface area contributed by atoms with Crippen molar-refractivity contribution in [1.29, 1.82) is 0 Å². The Morgan fingerprint density at radius 1 is 1.31 bits per heavy atom. The molecule has 0 saturated heterocycles. The van der Waals surface area contributed by atoms with Gasteiger partial charge in [0.1, 0.15) is 5.75 Å². The summed E-state index contributed by atoms with van der Waals surface area (Å²) in [5.41, 5.74) is 1.64. The predicted octanol–water partition coefficient (Wildman–Crippen LogP) is 4.97. The van der Waals surface area contributed by atoms with Gasteiger partial charge in [-0.3, -0.25) is 4.79 Å². The van der Waals surface area contributed by atoms with Crippen LogP contribution in [-0.4, -0.2) is 29.1 Å². The molecule has 26 heavy (non-hydrogen) atoms. The van der Waals surface area contributed by atoms with Crippen LogP contribution in [0.1, 0.15) is 17.3 Å². The Hall–Kier alpha value is -1.57. The number of benzene rings is 2. The van der Waals surface area contributed by atoms with Gasteiger partial charge in [-0.15, -0.1) is 0 Å². The first-order chi connectivity index (χ1) is 12.6. The minimum absolute atomic E-state index is 0.244. The molecule has 4 nitrogen and oxygen atoms in total. The minimum atomic E-state index is -0.244. The average molecular weight is 451 g/mol. The number of hydrogen-bond donors (Lipinski definition) is 0. The Morgan fingerprint density at radius 3 is 2.85 bits per heavy atom. The molecule has 2 aromatic carbocycles. The van der Waals surface area contributed by atoms with Crippen molar-refractivity contribution in [3.63, 3.8) is 0 Å². The van der Waals surface area contributed by atoms with Gasteiger partial charge in [0.05, 0.1) is 22.4 Å². The lowest BCUT2D eigenvalue weighted by Gasteiger charge is -2.05. The molecule has 0 saturated carbocycles. The quantitative estimate of drug-likeness (QED) is 0.532. The summed E-state index contributed by atoms with van der Waals surface area (Å²) in [5, 5.41) is 0. The Kier molecular flexibility index (Phi) is 6.56. The van der Waals surface area contributed by atoms with E-state index in [0.29, 0.717) is 17.0 Å². The van der Waals surface area contributed by atoms with Crippen LogP contribution in [0.3, 0.4) is 0 Å². The lowest BCUT2D eigenvalue weighted by Crippen LogP contribution is -2.18. The zero-order valence-electron chi connectivity index (χ0n) is 14.6. The van der Waals surface area contributed by atoms with Gasteiger partial charge in [-0.25, -0.2) is 0 Å². The number of ether oxygens (including phenoxy) is 1. The maximum atomic E-state index is 12.7. The monoisotopic (exact) mass is 450 g/mol. The second-order valence-corrected chi connectivity index (χ2v) is 8.34. The van der Waals surface area contributed by atoms with Crippen molar-refractivity contribution in [1.82, 2.24) is 4.57 Å². The van der Waals surface area contributed by atoms with E-state index in [2.05, 4.69) is 31.7 Å². The third kappa shape index (κ3) is 4.22. The number of thioether (sulfide) groups is 1. The number of aryl methyl sites for hydroxylation is 1. The summed E-state index contributed by atoms with van der Waals surface area (Å²) < 4.78 is 9.53. The molecular weight excluding hydrogens is 432 g/mol. The van der Waals surface area contributed by atoms with Gasteiger partial charge in [0.2, 0.25) is 0 Å². The molecule has 1 aromatic heterocycles. The van der Waals surface area contributed by atoms with Crippen LogP contribution in [0.2, 0.25) is 0 Å². The largest absolute Gasteiger partial charge is 0.494 e. The van der Waals surface area contributed by atoms with Crippen molar-refractivity contribution in [2.75, 3.05) is 18.6 Å². The molecule has 0 aliphatic heterocycles. The fraction of sp³-hybridized carbons (Fsp3) is 0.263. The fourth-order valence-electron chi connectivity index (χ4n) is 2.58. The van der Waals surface area contributed by atoms with E-state index in [9.17, 15) is 4.79 Å². The van der Waals surface area contributed by atoms with Crippen LogP contribution >= 0.6 is 39.0 Å². The number of nitrogens with zero attached hydrogens (tertiary/aromatic N) is 2. The molecule has 1 amide bonds. The molecule has 0 aliphatic carbocycles. The van der Waals surface area contributed by atoms with E-state index < -0.39 is 0 Å². The number of hydrogen-bond acceptors (Lipinski definition) is 4. The van der Waals surface area contributed by atoms with Crippen LogP contribution < -0.4 is 9.54 Å². The molecule has 0 aliphatic rings. The zero-order chi connectivity index (χ0) is 18.5. The first-order valence-corrected chi connectivity index (χ1v) is 11.2. The molecule has 0 N–H and O–H groups in total. The first-order valence-electron chi connectivity index (χ1n) is 8.22. The lowest BCUT2D eigenvalue weighted by atomic mass is 10.2. The first kappa shape index (κ1) is 19.2. The van der Waals surface area contributed by atoms with E-state index in [1.165, 1.54) is 11.3 Å². The fourth-order valence-corrected chi connectivity index (χ4v) is 4.48. The highest BCUT2D eigenvalue weighted by Crippen LogP contribution is 2.24. The molecule has 0 radical (unpaired) electrons. The zero-order valence-corrected chi connectivity index (χ0v) is 17.8. The molecule has 0 fully saturated rings. The SMILES string of the molecule is CCOc1ccc2c(c1)sc(=NC(=O)c1ccccc1Br)n2CCSC. The maximum absolute atomic E-state index is 12.7. The Bertz CT molecular complexity index is 995. The van der Waals surface area contributed by atoms with Gasteiger partial charge in [0.15, 0.2) is 4.80 Å². The van der Waals surface area contributed by atoms with Crippen molar-refractivity contribution in [2.24, 2.45) is 4.99 Å². The van der Waals surface area contributed by atoms with Crippen LogP contribution in [0, 0.1) is 0 Å². The number of amides is 1. The van der Waals surface area contributed by atoms with Gasteiger partial charge in [-0.05, 0) is 59.4 Å². The number of fused-ring (bicyclic) bond motifs is 1. The molecule has 0 spiro atoms. The van der Waals surface area contributed by atoms with E-state index in [-0.39, 0.29) is 5.91 Å².